The average molecular weight is 534 g/mol. The van der Waals surface area contributed by atoms with E-state index in [9.17, 15) is 0 Å². The van der Waals surface area contributed by atoms with Crippen LogP contribution in [0.2, 0.25) is 0 Å². The third-order valence-corrected chi connectivity index (χ3v) is 9.04. The summed E-state index contributed by atoms with van der Waals surface area (Å²) in [4.78, 5) is 7.71. The van der Waals surface area contributed by atoms with Crippen LogP contribution in [-0.2, 0) is 0 Å². The highest BCUT2D eigenvalue weighted by atomic mass is 15.2. The maximum absolute atomic E-state index is 5.35. The fraction of sp³-hybridized carbons (Fsp3) is 0. The molecule has 0 radical (unpaired) electrons. The summed E-state index contributed by atoms with van der Waals surface area (Å²) in [6.45, 7) is 0. The van der Waals surface area contributed by atoms with Gasteiger partial charge in [-0.1, -0.05) is 97.1 Å². The molecule has 0 N–H and O–H groups in total. The third-order valence-electron chi connectivity index (χ3n) is 9.04. The molecule has 0 fully saturated rings. The van der Waals surface area contributed by atoms with Crippen LogP contribution in [0.3, 0.4) is 0 Å². The number of anilines is 3. The minimum Gasteiger partial charge on any atom is -0.306 e. The molecule has 3 heteroatoms. The van der Waals surface area contributed by atoms with E-state index in [1.54, 1.807) is 0 Å². The molecule has 0 unspecified atom stereocenters. The normalized spacial score (nSPS) is 12.7. The molecule has 0 saturated heterocycles. The summed E-state index contributed by atoms with van der Waals surface area (Å²) in [7, 11) is 0. The first-order valence-electron chi connectivity index (χ1n) is 14.4. The highest BCUT2D eigenvalue weighted by molar-refractivity contribution is 6.34. The molecule has 0 aliphatic carbocycles. The van der Waals surface area contributed by atoms with E-state index >= 15 is 0 Å². The number of aromatic nitrogens is 2. The molecule has 1 aliphatic rings. The molecule has 0 spiro atoms. The molecule has 8 aromatic carbocycles. The number of para-hydroxylation sites is 4. The standard InChI is InChI=1S/C39H23N3/c1-2-12-25(13-3-1)41-33-19-4-5-20-34(33)42-38-32(18-9-21-35(38)41)40-39(42)31-23-22-30-27-15-7-11-24-10-6-14-26(36(24)27)28-16-8-17-29(31)37(28)30/h1-23H. The molecule has 1 aliphatic heterocycles. The van der Waals surface area contributed by atoms with Crippen LogP contribution in [0.25, 0.3) is 71.2 Å². The zero-order valence-corrected chi connectivity index (χ0v) is 22.6. The summed E-state index contributed by atoms with van der Waals surface area (Å²) in [5.41, 5.74) is 7.83. The number of hydrogen-bond donors (Lipinski definition) is 0. The van der Waals surface area contributed by atoms with Crippen LogP contribution in [0.4, 0.5) is 17.1 Å². The predicted molar refractivity (Wildman–Crippen MR) is 176 cm³/mol. The van der Waals surface area contributed by atoms with Crippen molar-refractivity contribution in [2.24, 2.45) is 0 Å². The molecule has 9 aromatic rings. The molecule has 0 bridgehead atoms. The van der Waals surface area contributed by atoms with Gasteiger partial charge in [-0.25, -0.2) is 4.98 Å². The number of benzene rings is 8. The first-order valence-corrected chi connectivity index (χ1v) is 14.4. The van der Waals surface area contributed by atoms with Crippen LogP contribution in [0.1, 0.15) is 0 Å². The van der Waals surface area contributed by atoms with Crippen LogP contribution in [-0.4, -0.2) is 9.55 Å². The molecule has 10 rings (SSSR count). The lowest BCUT2D eigenvalue weighted by molar-refractivity contribution is 1.07. The van der Waals surface area contributed by atoms with Crippen molar-refractivity contribution < 1.29 is 0 Å². The van der Waals surface area contributed by atoms with Gasteiger partial charge < -0.3 is 4.90 Å². The minimum absolute atomic E-state index is 0.971. The van der Waals surface area contributed by atoms with E-state index in [1.165, 1.54) is 43.1 Å². The third kappa shape index (κ3) is 2.72. The first-order chi connectivity index (χ1) is 20.9. The van der Waals surface area contributed by atoms with Gasteiger partial charge in [-0.2, -0.15) is 0 Å². The van der Waals surface area contributed by atoms with Crippen LogP contribution in [0.5, 0.6) is 0 Å². The zero-order chi connectivity index (χ0) is 27.4. The van der Waals surface area contributed by atoms with E-state index in [2.05, 4.69) is 149 Å². The molecule has 2 heterocycles. The Morgan fingerprint density at radius 3 is 1.86 bits per heavy atom. The van der Waals surface area contributed by atoms with E-state index in [-0.39, 0.29) is 0 Å². The number of fused-ring (bicyclic) bond motifs is 4. The monoisotopic (exact) mass is 533 g/mol. The molecule has 0 atom stereocenters. The molecule has 42 heavy (non-hydrogen) atoms. The van der Waals surface area contributed by atoms with Gasteiger partial charge in [-0.05, 0) is 85.6 Å². The predicted octanol–water partition coefficient (Wildman–Crippen LogP) is 10.5. The van der Waals surface area contributed by atoms with Crippen LogP contribution < -0.4 is 4.90 Å². The second-order valence-corrected chi connectivity index (χ2v) is 11.2. The van der Waals surface area contributed by atoms with Gasteiger partial charge in [0.1, 0.15) is 5.82 Å². The smallest absolute Gasteiger partial charge is 0.146 e. The lowest BCUT2D eigenvalue weighted by Crippen LogP contribution is -2.18. The Kier molecular flexibility index (Phi) is 4.18. The molecule has 3 nitrogen and oxygen atoms in total. The van der Waals surface area contributed by atoms with Crippen LogP contribution >= 0.6 is 0 Å². The van der Waals surface area contributed by atoms with Gasteiger partial charge in [0, 0.05) is 11.3 Å². The highest BCUT2D eigenvalue weighted by Gasteiger charge is 2.29. The van der Waals surface area contributed by atoms with E-state index in [4.69, 9.17) is 4.98 Å². The number of nitrogens with zero attached hydrogens (tertiary/aromatic N) is 3. The topological polar surface area (TPSA) is 21.1 Å². The van der Waals surface area contributed by atoms with Crippen LogP contribution in [0, 0.1) is 0 Å². The van der Waals surface area contributed by atoms with Crippen molar-refractivity contribution >= 4 is 71.2 Å². The minimum atomic E-state index is 0.971. The molecular weight excluding hydrogens is 510 g/mol. The van der Waals surface area contributed by atoms with Gasteiger partial charge in [0.2, 0.25) is 0 Å². The SMILES string of the molecule is c1ccc(N2c3ccccc3-n3c(-c4ccc5c6cccc7cccc(c8cccc4c85)c76)nc4cccc2c43)cc1. The van der Waals surface area contributed by atoms with E-state index in [0.717, 1.165) is 45.2 Å². The van der Waals surface area contributed by atoms with Crippen molar-refractivity contribution in [2.45, 2.75) is 0 Å². The van der Waals surface area contributed by atoms with Crippen LogP contribution in [0.15, 0.2) is 140 Å². The van der Waals surface area contributed by atoms with Crippen molar-refractivity contribution in [3.63, 3.8) is 0 Å². The first kappa shape index (κ1) is 22.1. The highest BCUT2D eigenvalue weighted by Crippen LogP contribution is 2.49. The molecule has 1 aromatic heterocycles. The summed E-state index contributed by atoms with van der Waals surface area (Å²) in [6, 6.07) is 50.4. The Balaban J connectivity index is 1.34. The Hall–Kier alpha value is -5.67. The van der Waals surface area contributed by atoms with E-state index < -0.39 is 0 Å². The van der Waals surface area contributed by atoms with E-state index in [0.29, 0.717) is 0 Å². The largest absolute Gasteiger partial charge is 0.306 e. The fourth-order valence-electron chi connectivity index (χ4n) is 7.37. The quantitative estimate of drug-likeness (QED) is 0.163. The molecule has 194 valence electrons. The summed E-state index contributed by atoms with van der Waals surface area (Å²) < 4.78 is 2.38. The van der Waals surface area contributed by atoms with Crippen molar-refractivity contribution in [2.75, 3.05) is 4.90 Å². The molecular formula is C39H23N3. The van der Waals surface area contributed by atoms with Gasteiger partial charge in [0.25, 0.3) is 0 Å². The van der Waals surface area contributed by atoms with Crippen molar-refractivity contribution in [1.82, 2.24) is 9.55 Å². The van der Waals surface area contributed by atoms with Gasteiger partial charge in [0.05, 0.1) is 28.1 Å². The maximum Gasteiger partial charge on any atom is 0.146 e. The van der Waals surface area contributed by atoms with Crippen molar-refractivity contribution in [3.8, 4) is 17.1 Å². The summed E-state index contributed by atoms with van der Waals surface area (Å²) in [5, 5.41) is 10.4. The molecule has 0 amide bonds. The summed E-state index contributed by atoms with van der Waals surface area (Å²) in [5.74, 6) is 0.971. The Bertz CT molecular complexity index is 2470. The van der Waals surface area contributed by atoms with Gasteiger partial charge in [-0.15, -0.1) is 0 Å². The number of hydrogen-bond acceptors (Lipinski definition) is 2. The number of imidazole rings is 1. The second-order valence-electron chi connectivity index (χ2n) is 11.2. The number of rotatable bonds is 2. The summed E-state index contributed by atoms with van der Waals surface area (Å²) >= 11 is 0. The van der Waals surface area contributed by atoms with Gasteiger partial charge >= 0.3 is 0 Å². The van der Waals surface area contributed by atoms with E-state index in [1.807, 2.05) is 0 Å². The summed E-state index contributed by atoms with van der Waals surface area (Å²) in [6.07, 6.45) is 0. The Morgan fingerprint density at radius 1 is 0.429 bits per heavy atom. The Labute approximate surface area is 241 Å². The van der Waals surface area contributed by atoms with Crippen molar-refractivity contribution in [1.29, 1.82) is 0 Å². The van der Waals surface area contributed by atoms with Crippen molar-refractivity contribution in [3.05, 3.63) is 140 Å². The van der Waals surface area contributed by atoms with Gasteiger partial charge in [0.15, 0.2) is 0 Å². The lowest BCUT2D eigenvalue weighted by atomic mass is 9.88. The second kappa shape index (κ2) is 7.96. The Morgan fingerprint density at radius 2 is 1.05 bits per heavy atom. The fourth-order valence-corrected chi connectivity index (χ4v) is 7.37. The molecule has 0 saturated carbocycles. The lowest BCUT2D eigenvalue weighted by Gasteiger charge is -2.33. The zero-order valence-electron chi connectivity index (χ0n) is 22.6. The van der Waals surface area contributed by atoms with Gasteiger partial charge in [-0.3, -0.25) is 4.57 Å². The maximum atomic E-state index is 5.35. The average Bonchev–Trinajstić information content (AvgIpc) is 3.44.